The maximum atomic E-state index is 10.7. The topological polar surface area (TPSA) is 89.4 Å². The Hall–Kier alpha value is -1.17. The molecule has 0 aliphatic carbocycles. The van der Waals surface area contributed by atoms with E-state index >= 15 is 0 Å². The molecule has 0 aromatic heterocycles. The molecule has 0 saturated heterocycles. The molecule has 1 aromatic carbocycles. The summed E-state index contributed by atoms with van der Waals surface area (Å²) in [6.07, 6.45) is 0.241. The molecule has 5 nitrogen and oxygen atoms in total. The standard InChI is InChI=1S/C9H11ClN2O3/c10-6-2-1-3-8(12(14)15)9(6)7(11)4-5-13/h1-3,7,13H,4-5,11H2. The van der Waals surface area contributed by atoms with E-state index in [4.69, 9.17) is 22.4 Å². The van der Waals surface area contributed by atoms with E-state index in [1.54, 1.807) is 6.07 Å². The summed E-state index contributed by atoms with van der Waals surface area (Å²) in [6, 6.07) is 3.76. The zero-order valence-corrected chi connectivity index (χ0v) is 8.65. The molecule has 0 bridgehead atoms. The Labute approximate surface area is 91.6 Å². The molecular weight excluding hydrogens is 220 g/mol. The summed E-state index contributed by atoms with van der Waals surface area (Å²) in [6.45, 7) is -0.135. The van der Waals surface area contributed by atoms with E-state index in [2.05, 4.69) is 0 Å². The molecule has 0 aliphatic rings. The highest BCUT2D eigenvalue weighted by Crippen LogP contribution is 2.31. The second kappa shape index (κ2) is 5.06. The number of halogens is 1. The lowest BCUT2D eigenvalue weighted by atomic mass is 10.0. The van der Waals surface area contributed by atoms with E-state index in [9.17, 15) is 10.1 Å². The Balaban J connectivity index is 3.18. The van der Waals surface area contributed by atoms with Crippen LogP contribution in [0.2, 0.25) is 5.02 Å². The highest BCUT2D eigenvalue weighted by atomic mass is 35.5. The summed E-state index contributed by atoms with van der Waals surface area (Å²) in [5, 5.41) is 19.7. The van der Waals surface area contributed by atoms with Gasteiger partial charge in [0.05, 0.1) is 15.5 Å². The Morgan fingerprint density at radius 1 is 1.60 bits per heavy atom. The maximum absolute atomic E-state index is 10.7. The molecule has 0 fully saturated rings. The van der Waals surface area contributed by atoms with E-state index in [0.29, 0.717) is 0 Å². The predicted molar refractivity (Wildman–Crippen MR) is 56.7 cm³/mol. The van der Waals surface area contributed by atoms with Gasteiger partial charge in [0.25, 0.3) is 5.69 Å². The highest BCUT2D eigenvalue weighted by molar-refractivity contribution is 6.31. The summed E-state index contributed by atoms with van der Waals surface area (Å²) in [5.41, 5.74) is 5.86. The van der Waals surface area contributed by atoms with Crippen molar-refractivity contribution >= 4 is 17.3 Å². The van der Waals surface area contributed by atoms with Gasteiger partial charge in [-0.2, -0.15) is 0 Å². The summed E-state index contributed by atoms with van der Waals surface area (Å²) >= 11 is 5.84. The number of nitrogens with two attached hydrogens (primary N) is 1. The Bertz CT molecular complexity index is 370. The number of aliphatic hydroxyl groups excluding tert-OH is 1. The first-order valence-electron chi connectivity index (χ1n) is 4.37. The predicted octanol–water partition coefficient (Wildman–Crippen LogP) is 1.63. The summed E-state index contributed by atoms with van der Waals surface area (Å²) < 4.78 is 0. The largest absolute Gasteiger partial charge is 0.396 e. The van der Waals surface area contributed by atoms with Gasteiger partial charge in [-0.3, -0.25) is 10.1 Å². The van der Waals surface area contributed by atoms with Crippen molar-refractivity contribution in [2.75, 3.05) is 6.61 Å². The van der Waals surface area contributed by atoms with Crippen molar-refractivity contribution in [3.05, 3.63) is 38.9 Å². The van der Waals surface area contributed by atoms with Crippen molar-refractivity contribution in [2.24, 2.45) is 5.73 Å². The quantitative estimate of drug-likeness (QED) is 0.608. The van der Waals surface area contributed by atoms with E-state index in [0.717, 1.165) is 0 Å². The molecule has 0 heterocycles. The second-order valence-electron chi connectivity index (χ2n) is 3.05. The number of benzene rings is 1. The van der Waals surface area contributed by atoms with Gasteiger partial charge in [-0.1, -0.05) is 17.7 Å². The van der Waals surface area contributed by atoms with Gasteiger partial charge in [0.1, 0.15) is 0 Å². The van der Waals surface area contributed by atoms with Crippen LogP contribution in [0.3, 0.4) is 0 Å². The number of rotatable bonds is 4. The van der Waals surface area contributed by atoms with Crippen LogP contribution in [0.15, 0.2) is 18.2 Å². The highest BCUT2D eigenvalue weighted by Gasteiger charge is 2.21. The van der Waals surface area contributed by atoms with Gasteiger partial charge in [0, 0.05) is 18.7 Å². The van der Waals surface area contributed by atoms with E-state index in [1.807, 2.05) is 0 Å². The minimum atomic E-state index is -0.621. The van der Waals surface area contributed by atoms with Crippen molar-refractivity contribution < 1.29 is 10.0 Å². The molecule has 1 rings (SSSR count). The molecule has 1 aromatic rings. The van der Waals surface area contributed by atoms with E-state index in [1.165, 1.54) is 12.1 Å². The van der Waals surface area contributed by atoms with Crippen molar-refractivity contribution in [2.45, 2.75) is 12.5 Å². The lowest BCUT2D eigenvalue weighted by Crippen LogP contribution is -2.14. The average molecular weight is 231 g/mol. The second-order valence-corrected chi connectivity index (χ2v) is 3.46. The van der Waals surface area contributed by atoms with Crippen LogP contribution >= 0.6 is 11.6 Å². The Morgan fingerprint density at radius 2 is 2.27 bits per heavy atom. The number of nitro groups is 1. The van der Waals surface area contributed by atoms with Gasteiger partial charge >= 0.3 is 0 Å². The van der Waals surface area contributed by atoms with E-state index < -0.39 is 11.0 Å². The molecule has 3 N–H and O–H groups in total. The van der Waals surface area contributed by atoms with Gasteiger partial charge in [-0.15, -0.1) is 0 Å². The minimum Gasteiger partial charge on any atom is -0.396 e. The molecule has 0 amide bonds. The molecule has 0 saturated carbocycles. The molecule has 0 aliphatic heterocycles. The smallest absolute Gasteiger partial charge is 0.275 e. The number of nitro benzene ring substituents is 1. The van der Waals surface area contributed by atoms with E-state index in [-0.39, 0.29) is 29.3 Å². The van der Waals surface area contributed by atoms with Gasteiger partial charge in [-0.25, -0.2) is 0 Å². The lowest BCUT2D eigenvalue weighted by Gasteiger charge is -2.12. The van der Waals surface area contributed by atoms with Gasteiger partial charge < -0.3 is 10.8 Å². The van der Waals surface area contributed by atoms with Crippen molar-refractivity contribution in [3.63, 3.8) is 0 Å². The normalized spacial score (nSPS) is 12.5. The lowest BCUT2D eigenvalue weighted by molar-refractivity contribution is -0.385. The fraction of sp³-hybridized carbons (Fsp3) is 0.333. The Morgan fingerprint density at radius 3 is 2.80 bits per heavy atom. The van der Waals surface area contributed by atoms with Gasteiger partial charge in [-0.05, 0) is 12.5 Å². The molecular formula is C9H11ClN2O3. The number of aliphatic hydroxyl groups is 1. The van der Waals surface area contributed by atoms with Crippen LogP contribution in [0.5, 0.6) is 0 Å². The first-order valence-corrected chi connectivity index (χ1v) is 4.75. The molecule has 0 radical (unpaired) electrons. The van der Waals surface area contributed by atoms with Gasteiger partial charge in [0.15, 0.2) is 0 Å². The van der Waals surface area contributed by atoms with Crippen LogP contribution < -0.4 is 5.73 Å². The fourth-order valence-electron chi connectivity index (χ4n) is 1.34. The van der Waals surface area contributed by atoms with Crippen molar-refractivity contribution in [1.29, 1.82) is 0 Å². The van der Waals surface area contributed by atoms with Crippen molar-refractivity contribution in [1.82, 2.24) is 0 Å². The number of hydrogen-bond donors (Lipinski definition) is 2. The summed E-state index contributed by atoms with van der Waals surface area (Å²) in [4.78, 5) is 10.2. The first-order chi connectivity index (χ1) is 7.07. The Kier molecular flexibility index (Phi) is 4.02. The van der Waals surface area contributed by atoms with Crippen LogP contribution in [0.1, 0.15) is 18.0 Å². The van der Waals surface area contributed by atoms with Crippen LogP contribution in [-0.2, 0) is 0 Å². The van der Waals surface area contributed by atoms with Crippen LogP contribution in [0.25, 0.3) is 0 Å². The van der Waals surface area contributed by atoms with Crippen molar-refractivity contribution in [3.8, 4) is 0 Å². The summed E-state index contributed by atoms with van der Waals surface area (Å²) in [7, 11) is 0. The monoisotopic (exact) mass is 230 g/mol. The van der Waals surface area contributed by atoms with Crippen LogP contribution in [-0.4, -0.2) is 16.6 Å². The third-order valence-electron chi connectivity index (χ3n) is 2.04. The third kappa shape index (κ3) is 2.65. The molecule has 0 spiro atoms. The number of nitrogens with zero attached hydrogens (tertiary/aromatic N) is 1. The zero-order chi connectivity index (χ0) is 11.4. The van der Waals surface area contributed by atoms with Gasteiger partial charge in [0.2, 0.25) is 0 Å². The average Bonchev–Trinajstić information content (AvgIpc) is 2.17. The molecule has 82 valence electrons. The molecule has 1 atom stereocenters. The van der Waals surface area contributed by atoms with Crippen LogP contribution in [0, 0.1) is 10.1 Å². The number of hydrogen-bond acceptors (Lipinski definition) is 4. The molecule has 6 heteroatoms. The third-order valence-corrected chi connectivity index (χ3v) is 2.37. The SMILES string of the molecule is NC(CCO)c1c(Cl)cccc1[N+](=O)[O-]. The molecule has 1 unspecified atom stereocenters. The first kappa shape index (κ1) is 11.9. The molecule has 15 heavy (non-hydrogen) atoms. The summed E-state index contributed by atoms with van der Waals surface area (Å²) in [5.74, 6) is 0. The zero-order valence-electron chi connectivity index (χ0n) is 7.89. The van der Waals surface area contributed by atoms with Crippen LogP contribution in [0.4, 0.5) is 5.69 Å². The fourth-order valence-corrected chi connectivity index (χ4v) is 1.65. The minimum absolute atomic E-state index is 0.108. The maximum Gasteiger partial charge on any atom is 0.275 e.